The first-order valence-electron chi connectivity index (χ1n) is 7.44. The fraction of sp³-hybridized carbons (Fsp3) is 0.176. The van der Waals surface area contributed by atoms with Gasteiger partial charge in [0.05, 0.1) is 19.0 Å². The number of nitrogens with zero attached hydrogens (tertiary/aromatic N) is 2. The van der Waals surface area contributed by atoms with E-state index >= 15 is 0 Å². The van der Waals surface area contributed by atoms with E-state index in [2.05, 4.69) is 10.4 Å². The van der Waals surface area contributed by atoms with Crippen molar-refractivity contribution >= 4 is 11.6 Å². The normalized spacial score (nSPS) is 10.4. The van der Waals surface area contributed by atoms with Crippen LogP contribution in [0.1, 0.15) is 17.5 Å². The van der Waals surface area contributed by atoms with Crippen molar-refractivity contribution in [3.8, 4) is 17.4 Å². The van der Waals surface area contributed by atoms with E-state index in [1.807, 2.05) is 19.1 Å². The number of aryl methyl sites for hydroxylation is 1. The van der Waals surface area contributed by atoms with Crippen molar-refractivity contribution in [2.75, 3.05) is 12.4 Å². The molecular formula is C17H17N3O4. The van der Waals surface area contributed by atoms with Crippen LogP contribution < -0.4 is 14.8 Å². The zero-order chi connectivity index (χ0) is 16.9. The van der Waals surface area contributed by atoms with Gasteiger partial charge in [-0.05, 0) is 25.1 Å². The van der Waals surface area contributed by atoms with Crippen LogP contribution in [0.3, 0.4) is 0 Å². The average Bonchev–Trinajstić information content (AvgIpc) is 3.24. The van der Waals surface area contributed by atoms with Gasteiger partial charge in [0.25, 0.3) is 11.9 Å². The number of aromatic nitrogens is 2. The second kappa shape index (κ2) is 6.91. The quantitative estimate of drug-likeness (QED) is 0.749. The Kier molecular flexibility index (Phi) is 4.51. The number of carbonyl (C=O) groups excluding carboxylic acids is 1. The zero-order valence-electron chi connectivity index (χ0n) is 13.4. The fourth-order valence-corrected chi connectivity index (χ4v) is 2.10. The van der Waals surface area contributed by atoms with Gasteiger partial charge in [0, 0.05) is 18.8 Å². The number of amides is 1. The lowest BCUT2D eigenvalue weighted by molar-refractivity contribution is 0.0991. The second-order valence-electron chi connectivity index (χ2n) is 4.91. The molecule has 0 saturated carbocycles. The Labute approximate surface area is 138 Å². The van der Waals surface area contributed by atoms with E-state index in [4.69, 9.17) is 13.9 Å². The Bertz CT molecular complexity index is 838. The summed E-state index contributed by atoms with van der Waals surface area (Å²) in [5.74, 6) is 1.05. The highest BCUT2D eigenvalue weighted by atomic mass is 16.6. The van der Waals surface area contributed by atoms with E-state index in [0.717, 1.165) is 6.54 Å². The number of ether oxygens (including phenoxy) is 2. The largest absolute Gasteiger partial charge is 0.493 e. The number of nitrogens with one attached hydrogen (secondary N) is 1. The molecule has 1 N–H and O–H groups in total. The Morgan fingerprint density at radius 1 is 1.25 bits per heavy atom. The van der Waals surface area contributed by atoms with Crippen LogP contribution >= 0.6 is 0 Å². The van der Waals surface area contributed by atoms with Crippen molar-refractivity contribution in [2.24, 2.45) is 0 Å². The molecule has 0 fully saturated rings. The molecule has 1 aromatic carbocycles. The van der Waals surface area contributed by atoms with Gasteiger partial charge in [-0.15, -0.1) is 0 Å². The van der Waals surface area contributed by atoms with Crippen molar-refractivity contribution < 1.29 is 18.7 Å². The van der Waals surface area contributed by atoms with E-state index in [9.17, 15) is 4.79 Å². The Hall–Kier alpha value is -3.22. The smallest absolute Gasteiger partial charge is 0.291 e. The van der Waals surface area contributed by atoms with Crippen molar-refractivity contribution in [2.45, 2.75) is 13.5 Å². The zero-order valence-corrected chi connectivity index (χ0v) is 13.4. The highest BCUT2D eigenvalue weighted by Gasteiger charge is 2.14. The minimum Gasteiger partial charge on any atom is -0.493 e. The predicted molar refractivity (Wildman–Crippen MR) is 87.6 cm³/mol. The minimum atomic E-state index is -0.375. The molecule has 0 atom stereocenters. The first-order chi connectivity index (χ1) is 11.7. The monoisotopic (exact) mass is 327 g/mol. The Balaban J connectivity index is 1.69. The van der Waals surface area contributed by atoms with Crippen LogP contribution in [-0.2, 0) is 6.54 Å². The summed E-state index contributed by atoms with van der Waals surface area (Å²) in [6, 6.07) is 10.3. The molecule has 2 heterocycles. The lowest BCUT2D eigenvalue weighted by atomic mass is 10.3. The second-order valence-corrected chi connectivity index (χ2v) is 4.91. The predicted octanol–water partition coefficient (Wildman–Crippen LogP) is 3.55. The third kappa shape index (κ3) is 3.40. The number of carbonyl (C=O) groups is 1. The number of hydrogen-bond acceptors (Lipinski definition) is 5. The molecule has 3 aromatic rings. The van der Waals surface area contributed by atoms with Gasteiger partial charge in [-0.25, -0.2) is 0 Å². The Morgan fingerprint density at radius 2 is 2.04 bits per heavy atom. The molecule has 0 aliphatic rings. The number of hydrogen-bond donors (Lipinski definition) is 1. The number of anilines is 1. The van der Waals surface area contributed by atoms with Crippen molar-refractivity contribution in [1.29, 1.82) is 0 Å². The number of para-hydroxylation sites is 2. The molecule has 0 aliphatic carbocycles. The van der Waals surface area contributed by atoms with Gasteiger partial charge in [-0.1, -0.05) is 12.1 Å². The summed E-state index contributed by atoms with van der Waals surface area (Å²) in [7, 11) is 1.56. The minimum absolute atomic E-state index is 0.143. The lowest BCUT2D eigenvalue weighted by Gasteiger charge is -2.07. The molecule has 0 bridgehead atoms. The van der Waals surface area contributed by atoms with Crippen LogP contribution in [0, 0.1) is 0 Å². The Morgan fingerprint density at radius 3 is 2.75 bits per heavy atom. The van der Waals surface area contributed by atoms with Crippen LogP contribution in [-0.4, -0.2) is 22.8 Å². The molecule has 24 heavy (non-hydrogen) atoms. The standard InChI is InChI=1S/C17H17N3O4/c1-3-20-11-12(10-18-20)19-17(21)15-8-9-16(24-15)23-14-7-5-4-6-13(14)22-2/h4-11H,3H2,1-2H3,(H,19,21). The summed E-state index contributed by atoms with van der Waals surface area (Å²) >= 11 is 0. The van der Waals surface area contributed by atoms with Gasteiger partial charge in [-0.3, -0.25) is 9.48 Å². The van der Waals surface area contributed by atoms with Gasteiger partial charge in [-0.2, -0.15) is 5.10 Å². The summed E-state index contributed by atoms with van der Waals surface area (Å²) in [6.45, 7) is 2.69. The van der Waals surface area contributed by atoms with Crippen LogP contribution in [0.2, 0.25) is 0 Å². The number of furan rings is 1. The molecule has 124 valence electrons. The van der Waals surface area contributed by atoms with E-state index in [1.165, 1.54) is 0 Å². The topological polar surface area (TPSA) is 78.5 Å². The third-order valence-electron chi connectivity index (χ3n) is 3.30. The highest BCUT2D eigenvalue weighted by molar-refractivity contribution is 6.02. The lowest BCUT2D eigenvalue weighted by Crippen LogP contribution is -2.10. The highest BCUT2D eigenvalue weighted by Crippen LogP contribution is 2.31. The summed E-state index contributed by atoms with van der Waals surface area (Å²) in [6.07, 6.45) is 3.32. The molecule has 0 spiro atoms. The summed E-state index contributed by atoms with van der Waals surface area (Å²) in [4.78, 5) is 12.2. The van der Waals surface area contributed by atoms with Gasteiger partial charge in [0.2, 0.25) is 0 Å². The maximum absolute atomic E-state index is 12.2. The van der Waals surface area contributed by atoms with Crippen molar-refractivity contribution in [1.82, 2.24) is 9.78 Å². The number of methoxy groups -OCH3 is 1. The number of rotatable bonds is 6. The molecule has 1 amide bonds. The fourth-order valence-electron chi connectivity index (χ4n) is 2.10. The van der Waals surface area contributed by atoms with Crippen LogP contribution in [0.5, 0.6) is 17.4 Å². The van der Waals surface area contributed by atoms with Crippen molar-refractivity contribution in [3.05, 3.63) is 54.6 Å². The van der Waals surface area contributed by atoms with Gasteiger partial charge in [0.15, 0.2) is 17.3 Å². The number of benzene rings is 1. The average molecular weight is 327 g/mol. The maximum atomic E-state index is 12.2. The molecule has 0 radical (unpaired) electrons. The molecule has 7 nitrogen and oxygen atoms in total. The molecule has 0 aliphatic heterocycles. The molecule has 0 saturated heterocycles. The van der Waals surface area contributed by atoms with E-state index in [-0.39, 0.29) is 17.6 Å². The van der Waals surface area contributed by atoms with Gasteiger partial charge in [0.1, 0.15) is 0 Å². The first-order valence-corrected chi connectivity index (χ1v) is 7.44. The maximum Gasteiger partial charge on any atom is 0.291 e. The third-order valence-corrected chi connectivity index (χ3v) is 3.30. The first kappa shape index (κ1) is 15.7. The molecule has 7 heteroatoms. The summed E-state index contributed by atoms with van der Waals surface area (Å²) in [5.41, 5.74) is 0.602. The van der Waals surface area contributed by atoms with Crippen LogP contribution in [0.25, 0.3) is 0 Å². The summed E-state index contributed by atoms with van der Waals surface area (Å²) in [5, 5.41) is 6.81. The van der Waals surface area contributed by atoms with Gasteiger partial charge < -0.3 is 19.2 Å². The SMILES string of the molecule is CCn1cc(NC(=O)c2ccc(Oc3ccccc3OC)o2)cn1. The van der Waals surface area contributed by atoms with E-state index in [0.29, 0.717) is 17.2 Å². The molecular weight excluding hydrogens is 310 g/mol. The molecule has 0 unspecified atom stereocenters. The molecule has 2 aromatic heterocycles. The van der Waals surface area contributed by atoms with Gasteiger partial charge >= 0.3 is 0 Å². The van der Waals surface area contributed by atoms with E-state index in [1.54, 1.807) is 48.5 Å². The summed E-state index contributed by atoms with van der Waals surface area (Å²) < 4.78 is 18.0. The van der Waals surface area contributed by atoms with E-state index < -0.39 is 0 Å². The molecule has 3 rings (SSSR count). The van der Waals surface area contributed by atoms with Crippen molar-refractivity contribution in [3.63, 3.8) is 0 Å². The van der Waals surface area contributed by atoms with Crippen LogP contribution in [0.4, 0.5) is 5.69 Å². The van der Waals surface area contributed by atoms with Crippen LogP contribution in [0.15, 0.2) is 53.2 Å².